The van der Waals surface area contributed by atoms with E-state index in [-0.39, 0.29) is 22.7 Å². The van der Waals surface area contributed by atoms with E-state index in [1.165, 1.54) is 28.9 Å². The van der Waals surface area contributed by atoms with Crippen molar-refractivity contribution < 1.29 is 15.0 Å². The van der Waals surface area contributed by atoms with Gasteiger partial charge in [-0.05, 0) is 42.6 Å². The Morgan fingerprint density at radius 2 is 1.72 bits per heavy atom. The van der Waals surface area contributed by atoms with Gasteiger partial charge < -0.3 is 10.2 Å². The number of nitrogens with one attached hydrogen (secondary N) is 1. The van der Waals surface area contributed by atoms with Crippen LogP contribution in [0.15, 0.2) is 75.7 Å². The molecular weight excluding hydrogens is 372 g/mol. The highest BCUT2D eigenvalue weighted by Crippen LogP contribution is 2.35. The number of nitrogens with zero attached hydrogens (tertiary/aromatic N) is 3. The predicted molar refractivity (Wildman–Crippen MR) is 108 cm³/mol. The molecule has 8 heteroatoms. The van der Waals surface area contributed by atoms with E-state index >= 15 is 0 Å². The first-order valence-electron chi connectivity index (χ1n) is 8.73. The molecule has 0 bridgehead atoms. The van der Waals surface area contributed by atoms with E-state index in [1.807, 2.05) is 24.3 Å². The molecule has 0 radical (unpaired) electrons. The van der Waals surface area contributed by atoms with Crippen LogP contribution in [0, 0.1) is 6.92 Å². The Bertz CT molecular complexity index is 1320. The average molecular weight is 388 g/mol. The molecule has 1 heterocycles. The third kappa shape index (κ3) is 3.27. The first-order valence-corrected chi connectivity index (χ1v) is 8.73. The van der Waals surface area contributed by atoms with Gasteiger partial charge in [-0.2, -0.15) is 0 Å². The van der Waals surface area contributed by atoms with Crippen LogP contribution < -0.4 is 5.56 Å². The monoisotopic (exact) mass is 388 g/mol. The highest BCUT2D eigenvalue weighted by molar-refractivity contribution is 5.92. The van der Waals surface area contributed by atoms with Gasteiger partial charge in [-0.3, -0.25) is 9.89 Å². The van der Waals surface area contributed by atoms with Crippen molar-refractivity contribution in [2.24, 2.45) is 10.2 Å². The number of phenolic OH excluding ortho intramolecular Hbond substituents is 1. The molecule has 4 rings (SSSR count). The van der Waals surface area contributed by atoms with Gasteiger partial charge >= 0.3 is 5.97 Å². The minimum absolute atomic E-state index is 0.00961. The lowest BCUT2D eigenvalue weighted by Gasteiger charge is -2.02. The van der Waals surface area contributed by atoms with Crippen molar-refractivity contribution in [3.63, 3.8) is 0 Å². The number of H-pyrrole nitrogens is 1. The molecule has 3 aromatic carbocycles. The number of fused-ring (bicyclic) bond motifs is 1. The fourth-order valence-electron chi connectivity index (χ4n) is 3.02. The van der Waals surface area contributed by atoms with E-state index in [0.717, 1.165) is 5.39 Å². The van der Waals surface area contributed by atoms with Crippen LogP contribution in [0.5, 0.6) is 5.75 Å². The van der Waals surface area contributed by atoms with Gasteiger partial charge in [0.25, 0.3) is 5.56 Å². The molecule has 0 spiro atoms. The number of phenols is 1. The molecule has 1 aromatic heterocycles. The second-order valence-corrected chi connectivity index (χ2v) is 6.43. The number of aromatic nitrogens is 2. The topological polar surface area (TPSA) is 120 Å². The van der Waals surface area contributed by atoms with E-state index in [9.17, 15) is 14.7 Å². The zero-order chi connectivity index (χ0) is 20.5. The number of carboxylic acids is 1. The number of hydrogen-bond acceptors (Lipinski definition) is 5. The van der Waals surface area contributed by atoms with Gasteiger partial charge in [0.1, 0.15) is 5.69 Å². The Hall–Kier alpha value is -4.20. The van der Waals surface area contributed by atoms with Crippen molar-refractivity contribution >= 4 is 28.1 Å². The summed E-state index contributed by atoms with van der Waals surface area (Å²) >= 11 is 0. The van der Waals surface area contributed by atoms with E-state index < -0.39 is 11.5 Å². The summed E-state index contributed by atoms with van der Waals surface area (Å²) in [6.45, 7) is 1.68. The molecule has 0 aliphatic rings. The number of azo groups is 1. The van der Waals surface area contributed by atoms with Crippen molar-refractivity contribution in [2.75, 3.05) is 0 Å². The van der Waals surface area contributed by atoms with Crippen LogP contribution >= 0.6 is 0 Å². The number of carboxylic acid groups (broad SMARTS) is 1. The molecule has 4 aromatic rings. The molecule has 0 amide bonds. The molecule has 29 heavy (non-hydrogen) atoms. The number of benzene rings is 3. The molecular formula is C21H16N4O4. The third-order valence-electron chi connectivity index (χ3n) is 4.55. The van der Waals surface area contributed by atoms with Gasteiger partial charge in [0.05, 0.1) is 16.9 Å². The number of rotatable bonds is 4. The zero-order valence-electron chi connectivity index (χ0n) is 15.3. The fraction of sp³-hybridized carbons (Fsp3) is 0.0476. The molecule has 0 fully saturated rings. The van der Waals surface area contributed by atoms with Gasteiger partial charge in [0.2, 0.25) is 0 Å². The van der Waals surface area contributed by atoms with Crippen molar-refractivity contribution in [2.45, 2.75) is 6.92 Å². The fourth-order valence-corrected chi connectivity index (χ4v) is 3.02. The van der Waals surface area contributed by atoms with Crippen molar-refractivity contribution in [3.05, 3.63) is 82.3 Å². The lowest BCUT2D eigenvalue weighted by Crippen LogP contribution is -2.14. The maximum Gasteiger partial charge on any atom is 0.335 e. The second kappa shape index (κ2) is 7.08. The molecule has 144 valence electrons. The molecule has 0 saturated carbocycles. The Balaban J connectivity index is 1.71. The smallest absolute Gasteiger partial charge is 0.335 e. The quantitative estimate of drug-likeness (QED) is 0.447. The average Bonchev–Trinajstić information content (AvgIpc) is 3.01. The maximum atomic E-state index is 12.7. The number of aromatic amines is 1. The van der Waals surface area contributed by atoms with Crippen LogP contribution in [-0.4, -0.2) is 26.0 Å². The lowest BCUT2D eigenvalue weighted by atomic mass is 10.1. The number of aromatic hydroxyl groups is 1. The van der Waals surface area contributed by atoms with Crippen LogP contribution in [-0.2, 0) is 0 Å². The molecule has 0 aliphatic heterocycles. The van der Waals surface area contributed by atoms with E-state index in [4.69, 9.17) is 5.11 Å². The van der Waals surface area contributed by atoms with Gasteiger partial charge in [-0.25, -0.2) is 9.48 Å². The summed E-state index contributed by atoms with van der Waals surface area (Å²) < 4.78 is 1.26. The Labute approximate surface area is 164 Å². The highest BCUT2D eigenvalue weighted by atomic mass is 16.4. The number of aromatic carboxylic acids is 1. The third-order valence-corrected chi connectivity index (χ3v) is 4.55. The Morgan fingerprint density at radius 1 is 1.00 bits per heavy atom. The molecule has 8 nitrogen and oxygen atoms in total. The SMILES string of the molecule is Cc1[nH]n(-c2ccc(C(=O)O)cc2)c(=O)c1N=Nc1ccc2ccccc2c1O. The second-order valence-electron chi connectivity index (χ2n) is 6.43. The normalized spacial score (nSPS) is 11.3. The van der Waals surface area contributed by atoms with Crippen LogP contribution in [0.1, 0.15) is 16.1 Å². The van der Waals surface area contributed by atoms with Crippen LogP contribution in [0.3, 0.4) is 0 Å². The summed E-state index contributed by atoms with van der Waals surface area (Å²) in [5.41, 5.74) is 0.992. The van der Waals surface area contributed by atoms with Crippen molar-refractivity contribution in [3.8, 4) is 11.4 Å². The summed E-state index contributed by atoms with van der Waals surface area (Å²) in [4.78, 5) is 23.7. The van der Waals surface area contributed by atoms with Crippen LogP contribution in [0.25, 0.3) is 16.5 Å². The largest absolute Gasteiger partial charge is 0.505 e. The molecule has 0 saturated heterocycles. The predicted octanol–water partition coefficient (Wildman–Crippen LogP) is 4.45. The molecule has 0 atom stereocenters. The number of aryl methyl sites for hydroxylation is 1. The van der Waals surface area contributed by atoms with E-state index in [0.29, 0.717) is 16.8 Å². The lowest BCUT2D eigenvalue weighted by molar-refractivity contribution is 0.0697. The van der Waals surface area contributed by atoms with Gasteiger partial charge in [0, 0.05) is 5.39 Å². The zero-order valence-corrected chi connectivity index (χ0v) is 15.3. The summed E-state index contributed by atoms with van der Waals surface area (Å²) in [6, 6.07) is 16.7. The Morgan fingerprint density at radius 3 is 2.45 bits per heavy atom. The molecule has 0 unspecified atom stereocenters. The minimum atomic E-state index is -1.05. The van der Waals surface area contributed by atoms with Crippen molar-refractivity contribution in [1.29, 1.82) is 0 Å². The molecule has 0 aliphatic carbocycles. The summed E-state index contributed by atoms with van der Waals surface area (Å²) in [6.07, 6.45) is 0. The first kappa shape index (κ1) is 18.2. The molecule has 3 N–H and O–H groups in total. The van der Waals surface area contributed by atoms with Gasteiger partial charge in [-0.15, -0.1) is 10.2 Å². The standard InChI is InChI=1S/C21H16N4O4/c1-12-18(20(27)25(24-12)15-9-6-14(7-10-15)21(28)29)23-22-17-11-8-13-4-2-3-5-16(13)19(17)26/h2-11,24,26H,1H3,(H,28,29). The number of hydrogen-bond donors (Lipinski definition) is 3. The summed E-state index contributed by atoms with van der Waals surface area (Å²) in [5, 5.41) is 31.9. The maximum absolute atomic E-state index is 12.7. The number of carbonyl (C=O) groups is 1. The minimum Gasteiger partial charge on any atom is -0.505 e. The van der Waals surface area contributed by atoms with Crippen LogP contribution in [0.4, 0.5) is 11.4 Å². The summed E-state index contributed by atoms with van der Waals surface area (Å²) in [7, 11) is 0. The van der Waals surface area contributed by atoms with E-state index in [2.05, 4.69) is 15.3 Å². The van der Waals surface area contributed by atoms with Gasteiger partial charge in [0.15, 0.2) is 11.4 Å². The van der Waals surface area contributed by atoms with Crippen molar-refractivity contribution in [1.82, 2.24) is 9.78 Å². The summed E-state index contributed by atoms with van der Waals surface area (Å²) in [5.74, 6) is -1.05. The van der Waals surface area contributed by atoms with Gasteiger partial charge in [-0.1, -0.05) is 30.3 Å². The highest BCUT2D eigenvalue weighted by Gasteiger charge is 2.13. The van der Waals surface area contributed by atoms with Crippen LogP contribution in [0.2, 0.25) is 0 Å². The first-order chi connectivity index (χ1) is 14.0. The van der Waals surface area contributed by atoms with E-state index in [1.54, 1.807) is 19.1 Å². The Kier molecular flexibility index (Phi) is 4.44.